The van der Waals surface area contributed by atoms with Crippen molar-refractivity contribution in [3.05, 3.63) is 61.2 Å². The van der Waals surface area contributed by atoms with Gasteiger partial charge in [0.25, 0.3) is 11.1 Å². The summed E-state index contributed by atoms with van der Waals surface area (Å²) < 4.78 is 1.76. The van der Waals surface area contributed by atoms with Gasteiger partial charge in [-0.05, 0) is 50.8 Å². The molecule has 0 aliphatic heterocycles. The lowest BCUT2D eigenvalue weighted by atomic mass is 10.1. The number of thiophene rings is 1. The molecular weight excluding hydrogens is 428 g/mol. The molecule has 0 amide bonds. The molecule has 1 unspecified atom stereocenters. The minimum atomic E-state index is -0.168. The highest BCUT2D eigenvalue weighted by molar-refractivity contribution is 7.99. The molecule has 3 heterocycles. The number of nitrogens with zero attached hydrogens (tertiary/aromatic N) is 3. The fraction of sp³-hybridized carbons (Fsp3) is 0.391. The quantitative estimate of drug-likeness (QED) is 0.319. The van der Waals surface area contributed by atoms with Crippen LogP contribution in [0.5, 0.6) is 0 Å². The average molecular weight is 455 g/mol. The molecule has 0 spiro atoms. The molecule has 0 saturated carbocycles. The molecule has 8 heteroatoms. The van der Waals surface area contributed by atoms with Gasteiger partial charge in [-0.25, -0.2) is 9.97 Å². The summed E-state index contributed by atoms with van der Waals surface area (Å²) in [5.74, 6) is 1.07. The Bertz CT molecular complexity index is 1380. The maximum atomic E-state index is 13.2. The normalized spacial score (nSPS) is 12.8. The van der Waals surface area contributed by atoms with E-state index < -0.39 is 0 Å². The SMILES string of the molecule is Cc1sc2nc(C(C)Sc3nc4ccccc4c(=O)n3CCC(C)C)[nH]c(=O)c2c1C. The van der Waals surface area contributed by atoms with Gasteiger partial charge in [0.15, 0.2) is 5.16 Å². The first-order chi connectivity index (χ1) is 14.8. The Kier molecular flexibility index (Phi) is 6.03. The molecule has 0 aliphatic carbocycles. The number of aromatic amines is 1. The summed E-state index contributed by atoms with van der Waals surface area (Å²) in [6, 6.07) is 7.44. The van der Waals surface area contributed by atoms with Gasteiger partial charge < -0.3 is 4.98 Å². The van der Waals surface area contributed by atoms with Crippen molar-refractivity contribution in [2.24, 2.45) is 5.92 Å². The number of rotatable bonds is 6. The summed E-state index contributed by atoms with van der Waals surface area (Å²) >= 11 is 2.99. The third kappa shape index (κ3) is 4.19. The molecule has 0 fully saturated rings. The number of para-hydroxylation sites is 1. The standard InChI is InChI=1S/C23H26N4O2S2/c1-12(2)10-11-27-22(29)16-8-6-7-9-17(16)24-23(27)31-15(5)19-25-20(28)18-13(3)14(4)30-21(18)26-19/h6-9,12,15H,10-11H2,1-5H3,(H,25,26,28). The number of aromatic nitrogens is 4. The second-order valence-corrected chi connectivity index (χ2v) is 10.7. The zero-order valence-corrected chi connectivity index (χ0v) is 20.0. The van der Waals surface area contributed by atoms with Crippen LogP contribution in [0.25, 0.3) is 21.1 Å². The van der Waals surface area contributed by atoms with E-state index in [1.807, 2.05) is 45.0 Å². The van der Waals surface area contributed by atoms with Gasteiger partial charge in [0.05, 0.1) is 21.5 Å². The highest BCUT2D eigenvalue weighted by Crippen LogP contribution is 2.34. The number of hydrogen-bond acceptors (Lipinski definition) is 6. The van der Waals surface area contributed by atoms with E-state index in [2.05, 4.69) is 18.8 Å². The van der Waals surface area contributed by atoms with Gasteiger partial charge in [-0.2, -0.15) is 0 Å². The third-order valence-corrected chi connectivity index (χ3v) is 7.68. The molecule has 1 aromatic carbocycles. The zero-order chi connectivity index (χ0) is 22.3. The van der Waals surface area contributed by atoms with E-state index in [1.54, 1.807) is 4.57 Å². The number of thioether (sulfide) groups is 1. The second kappa shape index (κ2) is 8.59. The number of hydrogen-bond donors (Lipinski definition) is 1. The summed E-state index contributed by atoms with van der Waals surface area (Å²) in [6.45, 7) is 10.8. The van der Waals surface area contributed by atoms with E-state index in [0.29, 0.717) is 39.7 Å². The van der Waals surface area contributed by atoms with Crippen molar-refractivity contribution in [2.45, 2.75) is 58.0 Å². The molecule has 1 atom stereocenters. The van der Waals surface area contributed by atoms with Crippen molar-refractivity contribution in [1.29, 1.82) is 0 Å². The molecule has 0 bridgehead atoms. The van der Waals surface area contributed by atoms with Gasteiger partial charge in [0.2, 0.25) is 0 Å². The Hall–Kier alpha value is -2.45. The molecule has 4 aromatic rings. The largest absolute Gasteiger partial charge is 0.309 e. The number of aryl methyl sites for hydroxylation is 2. The average Bonchev–Trinajstić information content (AvgIpc) is 3.01. The molecule has 0 aliphatic rings. The van der Waals surface area contributed by atoms with Crippen molar-refractivity contribution in [3.8, 4) is 0 Å². The first-order valence-corrected chi connectivity index (χ1v) is 12.1. The molecule has 31 heavy (non-hydrogen) atoms. The lowest BCUT2D eigenvalue weighted by molar-refractivity contribution is 0.480. The van der Waals surface area contributed by atoms with Gasteiger partial charge in [0.1, 0.15) is 10.7 Å². The van der Waals surface area contributed by atoms with Gasteiger partial charge in [-0.1, -0.05) is 37.7 Å². The molecule has 0 radical (unpaired) electrons. The van der Waals surface area contributed by atoms with Gasteiger partial charge in [-0.15, -0.1) is 11.3 Å². The Morgan fingerprint density at radius 3 is 2.61 bits per heavy atom. The summed E-state index contributed by atoms with van der Waals surface area (Å²) in [6.07, 6.45) is 0.886. The molecule has 4 rings (SSSR count). The highest BCUT2D eigenvalue weighted by Gasteiger charge is 2.19. The molecule has 162 valence electrons. The van der Waals surface area contributed by atoms with Gasteiger partial charge in [-0.3, -0.25) is 14.2 Å². The highest BCUT2D eigenvalue weighted by atomic mass is 32.2. The minimum absolute atomic E-state index is 0.0256. The lowest BCUT2D eigenvalue weighted by Gasteiger charge is -2.17. The monoisotopic (exact) mass is 454 g/mol. The lowest BCUT2D eigenvalue weighted by Crippen LogP contribution is -2.24. The molecule has 6 nitrogen and oxygen atoms in total. The van der Waals surface area contributed by atoms with Crippen molar-refractivity contribution >= 4 is 44.2 Å². The maximum absolute atomic E-state index is 13.2. The maximum Gasteiger partial charge on any atom is 0.262 e. The Balaban J connectivity index is 1.76. The smallest absolute Gasteiger partial charge is 0.262 e. The van der Waals surface area contributed by atoms with Gasteiger partial charge in [0, 0.05) is 11.4 Å². The Labute approximate surface area is 188 Å². The van der Waals surface area contributed by atoms with E-state index in [-0.39, 0.29) is 16.4 Å². The molecule has 0 saturated heterocycles. The number of benzene rings is 1. The van der Waals surface area contributed by atoms with E-state index >= 15 is 0 Å². The van der Waals surface area contributed by atoms with Crippen LogP contribution in [0.4, 0.5) is 0 Å². The van der Waals surface area contributed by atoms with Crippen molar-refractivity contribution in [1.82, 2.24) is 19.5 Å². The van der Waals surface area contributed by atoms with E-state index in [4.69, 9.17) is 9.97 Å². The minimum Gasteiger partial charge on any atom is -0.309 e. The Morgan fingerprint density at radius 1 is 1.13 bits per heavy atom. The molecule has 3 aromatic heterocycles. The van der Waals surface area contributed by atoms with E-state index in [9.17, 15) is 9.59 Å². The first-order valence-electron chi connectivity index (χ1n) is 10.4. The van der Waals surface area contributed by atoms with Crippen molar-refractivity contribution in [3.63, 3.8) is 0 Å². The summed E-state index contributed by atoms with van der Waals surface area (Å²) in [5, 5.41) is 1.78. The van der Waals surface area contributed by atoms with Crippen LogP contribution < -0.4 is 11.1 Å². The van der Waals surface area contributed by atoms with Crippen LogP contribution in [0.1, 0.15) is 48.7 Å². The van der Waals surface area contributed by atoms with E-state index in [0.717, 1.165) is 21.7 Å². The van der Waals surface area contributed by atoms with Crippen LogP contribution in [-0.4, -0.2) is 19.5 Å². The third-order valence-electron chi connectivity index (χ3n) is 5.48. The zero-order valence-electron chi connectivity index (χ0n) is 18.4. The van der Waals surface area contributed by atoms with Gasteiger partial charge >= 0.3 is 0 Å². The van der Waals surface area contributed by atoms with Crippen LogP contribution in [-0.2, 0) is 6.54 Å². The van der Waals surface area contributed by atoms with E-state index in [1.165, 1.54) is 23.1 Å². The first kappa shape index (κ1) is 21.8. The molecule has 1 N–H and O–H groups in total. The number of nitrogens with one attached hydrogen (secondary N) is 1. The van der Waals surface area contributed by atoms with Crippen LogP contribution in [0.3, 0.4) is 0 Å². The van der Waals surface area contributed by atoms with Crippen molar-refractivity contribution < 1.29 is 0 Å². The summed E-state index contributed by atoms with van der Waals surface area (Å²) in [7, 11) is 0. The molecular formula is C23H26N4O2S2. The topological polar surface area (TPSA) is 80.6 Å². The predicted octanol–water partition coefficient (Wildman–Crippen LogP) is 5.21. The Morgan fingerprint density at radius 2 is 1.87 bits per heavy atom. The number of fused-ring (bicyclic) bond motifs is 2. The van der Waals surface area contributed by atoms with Crippen LogP contribution in [0.2, 0.25) is 0 Å². The van der Waals surface area contributed by atoms with Crippen LogP contribution in [0.15, 0.2) is 39.0 Å². The van der Waals surface area contributed by atoms with Crippen LogP contribution >= 0.6 is 23.1 Å². The fourth-order valence-electron chi connectivity index (χ4n) is 3.50. The van der Waals surface area contributed by atoms with Crippen molar-refractivity contribution in [2.75, 3.05) is 0 Å². The van der Waals surface area contributed by atoms with Crippen LogP contribution in [0, 0.1) is 19.8 Å². The fourth-order valence-corrected chi connectivity index (χ4v) is 5.53. The second-order valence-electron chi connectivity index (χ2n) is 8.23. The number of H-pyrrole nitrogens is 1. The summed E-state index contributed by atoms with van der Waals surface area (Å²) in [4.78, 5) is 40.2. The summed E-state index contributed by atoms with van der Waals surface area (Å²) in [5.41, 5.74) is 1.53. The predicted molar refractivity (Wildman–Crippen MR) is 129 cm³/mol.